The summed E-state index contributed by atoms with van der Waals surface area (Å²) >= 11 is 0. The minimum absolute atomic E-state index is 0.0474. The molecule has 0 spiro atoms. The largest absolute Gasteiger partial charge is 0.372 e. The minimum Gasteiger partial charge on any atom is -0.372 e. The van der Waals surface area contributed by atoms with E-state index in [9.17, 15) is 9.18 Å². The monoisotopic (exact) mass is 333 g/mol. The Bertz CT molecular complexity index is 691. The number of ether oxygens (including phenoxy) is 1. The van der Waals surface area contributed by atoms with Crippen LogP contribution in [-0.2, 0) is 16.0 Å². The average molecular weight is 333 g/mol. The van der Waals surface area contributed by atoms with Gasteiger partial charge in [-0.15, -0.1) is 0 Å². The van der Waals surface area contributed by atoms with Crippen molar-refractivity contribution in [2.75, 3.05) is 13.1 Å². The van der Waals surface area contributed by atoms with E-state index in [0.717, 1.165) is 0 Å². The summed E-state index contributed by atoms with van der Waals surface area (Å²) in [5.41, 5.74) is 0.675. The molecule has 1 saturated heterocycles. The van der Waals surface area contributed by atoms with Gasteiger partial charge in [0, 0.05) is 31.5 Å². The highest BCUT2D eigenvalue weighted by Crippen LogP contribution is 2.17. The number of halogens is 1. The van der Waals surface area contributed by atoms with Gasteiger partial charge in [0.25, 0.3) is 0 Å². The Morgan fingerprint density at radius 3 is 2.58 bits per heavy atom. The van der Waals surface area contributed by atoms with Crippen LogP contribution in [0.25, 0.3) is 11.4 Å². The Hall–Kier alpha value is -2.28. The van der Waals surface area contributed by atoms with Crippen LogP contribution in [-0.4, -0.2) is 46.2 Å². The summed E-state index contributed by atoms with van der Waals surface area (Å²) in [7, 11) is 0. The number of amides is 1. The number of rotatable bonds is 4. The molecule has 0 bridgehead atoms. The zero-order chi connectivity index (χ0) is 17.1. The fourth-order valence-corrected chi connectivity index (χ4v) is 2.83. The predicted molar refractivity (Wildman–Crippen MR) is 84.6 cm³/mol. The number of carbonyl (C=O) groups is 1. The van der Waals surface area contributed by atoms with E-state index in [-0.39, 0.29) is 23.9 Å². The zero-order valence-corrected chi connectivity index (χ0v) is 13.7. The van der Waals surface area contributed by atoms with Crippen LogP contribution in [0.4, 0.5) is 4.39 Å². The van der Waals surface area contributed by atoms with Gasteiger partial charge in [-0.25, -0.2) is 4.39 Å². The van der Waals surface area contributed by atoms with Crippen LogP contribution < -0.4 is 0 Å². The molecule has 2 unspecified atom stereocenters. The summed E-state index contributed by atoms with van der Waals surface area (Å²) in [4.78, 5) is 18.4. The van der Waals surface area contributed by atoms with Crippen LogP contribution in [0.5, 0.6) is 0 Å². The summed E-state index contributed by atoms with van der Waals surface area (Å²) < 4.78 is 23.7. The Morgan fingerprint density at radius 1 is 1.25 bits per heavy atom. The van der Waals surface area contributed by atoms with E-state index >= 15 is 0 Å². The molecule has 0 radical (unpaired) electrons. The molecular weight excluding hydrogens is 313 g/mol. The molecule has 1 aliphatic rings. The number of morpholine rings is 1. The maximum Gasteiger partial charge on any atom is 0.227 e. The van der Waals surface area contributed by atoms with Crippen LogP contribution in [0, 0.1) is 5.82 Å². The second kappa shape index (κ2) is 7.09. The van der Waals surface area contributed by atoms with Crippen molar-refractivity contribution in [3.8, 4) is 11.4 Å². The van der Waals surface area contributed by atoms with Gasteiger partial charge in [-0.3, -0.25) is 4.79 Å². The van der Waals surface area contributed by atoms with Gasteiger partial charge in [0.2, 0.25) is 17.6 Å². The SMILES string of the molecule is CC1CN(C(=O)CCc2nc(-c3ccc(F)cc3)no2)CC(C)O1. The molecule has 1 aliphatic heterocycles. The van der Waals surface area contributed by atoms with Crippen molar-refractivity contribution < 1.29 is 18.4 Å². The number of nitrogens with zero attached hydrogens (tertiary/aromatic N) is 3. The molecule has 128 valence electrons. The van der Waals surface area contributed by atoms with Crippen molar-refractivity contribution in [3.63, 3.8) is 0 Å². The highest BCUT2D eigenvalue weighted by atomic mass is 19.1. The maximum atomic E-state index is 12.9. The molecule has 3 rings (SSSR count). The first kappa shape index (κ1) is 16.6. The van der Waals surface area contributed by atoms with Gasteiger partial charge < -0.3 is 14.2 Å². The highest BCUT2D eigenvalue weighted by molar-refractivity contribution is 5.76. The molecule has 0 N–H and O–H groups in total. The van der Waals surface area contributed by atoms with Gasteiger partial charge >= 0.3 is 0 Å². The lowest BCUT2D eigenvalue weighted by Crippen LogP contribution is -2.48. The molecule has 1 aromatic heterocycles. The van der Waals surface area contributed by atoms with E-state index in [4.69, 9.17) is 9.26 Å². The molecule has 1 aromatic carbocycles. The third-order valence-electron chi connectivity index (χ3n) is 3.90. The van der Waals surface area contributed by atoms with E-state index in [2.05, 4.69) is 10.1 Å². The molecule has 0 saturated carbocycles. The number of hydrogen-bond donors (Lipinski definition) is 0. The molecule has 1 amide bonds. The molecule has 6 nitrogen and oxygen atoms in total. The normalized spacial score (nSPS) is 21.0. The van der Waals surface area contributed by atoms with Crippen molar-refractivity contribution >= 4 is 5.91 Å². The second-order valence-corrected chi connectivity index (χ2v) is 6.07. The average Bonchev–Trinajstić information content (AvgIpc) is 3.01. The van der Waals surface area contributed by atoms with Gasteiger partial charge in [-0.2, -0.15) is 4.98 Å². The number of aromatic nitrogens is 2. The first-order chi connectivity index (χ1) is 11.5. The van der Waals surface area contributed by atoms with E-state index < -0.39 is 0 Å². The molecule has 2 heterocycles. The lowest BCUT2D eigenvalue weighted by atomic mass is 10.2. The Balaban J connectivity index is 1.57. The zero-order valence-electron chi connectivity index (χ0n) is 13.7. The summed E-state index contributed by atoms with van der Waals surface area (Å²) in [6, 6.07) is 5.86. The number of aryl methyl sites for hydroxylation is 1. The molecule has 1 fully saturated rings. The van der Waals surface area contributed by atoms with Crippen LogP contribution in [0.15, 0.2) is 28.8 Å². The van der Waals surface area contributed by atoms with Gasteiger partial charge in [-0.1, -0.05) is 5.16 Å². The lowest BCUT2D eigenvalue weighted by Gasteiger charge is -2.35. The first-order valence-electron chi connectivity index (χ1n) is 8.03. The quantitative estimate of drug-likeness (QED) is 0.860. The second-order valence-electron chi connectivity index (χ2n) is 6.07. The van der Waals surface area contributed by atoms with Crippen molar-refractivity contribution in [1.29, 1.82) is 0 Å². The van der Waals surface area contributed by atoms with Crippen molar-refractivity contribution in [2.45, 2.75) is 38.9 Å². The maximum absolute atomic E-state index is 12.9. The molecular formula is C17H20FN3O3. The van der Waals surface area contributed by atoms with E-state index in [1.165, 1.54) is 12.1 Å². The summed E-state index contributed by atoms with van der Waals surface area (Å²) in [6.07, 6.45) is 0.787. The molecule has 2 aromatic rings. The Kier molecular flexibility index (Phi) is 4.89. The first-order valence-corrected chi connectivity index (χ1v) is 8.03. The van der Waals surface area contributed by atoms with E-state index in [1.54, 1.807) is 12.1 Å². The number of hydrogen-bond acceptors (Lipinski definition) is 5. The van der Waals surface area contributed by atoms with Crippen LogP contribution >= 0.6 is 0 Å². The van der Waals surface area contributed by atoms with E-state index in [1.807, 2.05) is 18.7 Å². The third-order valence-corrected chi connectivity index (χ3v) is 3.90. The van der Waals surface area contributed by atoms with Crippen LogP contribution in [0.3, 0.4) is 0 Å². The lowest BCUT2D eigenvalue weighted by molar-refractivity contribution is -0.143. The molecule has 24 heavy (non-hydrogen) atoms. The summed E-state index contributed by atoms with van der Waals surface area (Å²) in [5.74, 6) is 0.531. The molecule has 0 aliphatic carbocycles. The minimum atomic E-state index is -0.318. The van der Waals surface area contributed by atoms with Crippen LogP contribution in [0.2, 0.25) is 0 Å². The van der Waals surface area contributed by atoms with Crippen molar-refractivity contribution in [2.24, 2.45) is 0 Å². The van der Waals surface area contributed by atoms with Gasteiger partial charge in [0.15, 0.2) is 0 Å². The van der Waals surface area contributed by atoms with Crippen molar-refractivity contribution in [1.82, 2.24) is 15.0 Å². The topological polar surface area (TPSA) is 68.5 Å². The summed E-state index contributed by atoms with van der Waals surface area (Å²) in [5, 5.41) is 3.88. The number of carbonyl (C=O) groups excluding carboxylic acids is 1. The third kappa shape index (κ3) is 3.97. The smallest absolute Gasteiger partial charge is 0.227 e. The molecule has 2 atom stereocenters. The Morgan fingerprint density at radius 2 is 1.92 bits per heavy atom. The number of benzene rings is 1. The Labute approximate surface area is 139 Å². The van der Waals surface area contributed by atoms with Gasteiger partial charge in [-0.05, 0) is 38.1 Å². The summed E-state index contributed by atoms with van der Waals surface area (Å²) in [6.45, 7) is 5.13. The predicted octanol–water partition coefficient (Wildman–Crippen LogP) is 2.44. The van der Waals surface area contributed by atoms with Gasteiger partial charge in [0.05, 0.1) is 12.2 Å². The van der Waals surface area contributed by atoms with Gasteiger partial charge in [0.1, 0.15) is 5.82 Å². The molecule has 7 heteroatoms. The standard InChI is InChI=1S/C17H20FN3O3/c1-11-9-21(10-12(2)23-11)16(22)8-7-15-19-17(20-24-15)13-3-5-14(18)6-4-13/h3-6,11-12H,7-10H2,1-2H3. The fraction of sp³-hybridized carbons (Fsp3) is 0.471. The van der Waals surface area contributed by atoms with Crippen molar-refractivity contribution in [3.05, 3.63) is 36.0 Å². The highest BCUT2D eigenvalue weighted by Gasteiger charge is 2.25. The van der Waals surface area contributed by atoms with E-state index in [0.29, 0.717) is 43.2 Å². The fourth-order valence-electron chi connectivity index (χ4n) is 2.83. The van der Waals surface area contributed by atoms with Crippen LogP contribution in [0.1, 0.15) is 26.2 Å².